The molecule has 0 unspecified atom stereocenters. The van der Waals surface area contributed by atoms with Crippen molar-refractivity contribution >= 4 is 11.3 Å². The molecule has 1 aromatic heterocycles. The van der Waals surface area contributed by atoms with Crippen LogP contribution in [0.15, 0.2) is 5.38 Å². The predicted octanol–water partition coefficient (Wildman–Crippen LogP) is 2.36. The van der Waals surface area contributed by atoms with Gasteiger partial charge in [-0.15, -0.1) is 11.3 Å². The minimum absolute atomic E-state index is 0.167. The molecule has 1 aliphatic carbocycles. The van der Waals surface area contributed by atoms with Gasteiger partial charge in [-0.2, -0.15) is 0 Å². The number of nitrogens with two attached hydrogens (primary N) is 1. The Hall–Kier alpha value is -0.450. The summed E-state index contributed by atoms with van der Waals surface area (Å²) in [6, 6.07) is 0. The number of hydrogen-bond acceptors (Lipinski definition) is 4. The van der Waals surface area contributed by atoms with Crippen molar-refractivity contribution < 1.29 is 5.11 Å². The van der Waals surface area contributed by atoms with Gasteiger partial charge in [-0.25, -0.2) is 4.98 Å². The average Bonchev–Trinajstić information content (AvgIpc) is 2.72. The van der Waals surface area contributed by atoms with Gasteiger partial charge in [-0.3, -0.25) is 0 Å². The van der Waals surface area contributed by atoms with E-state index in [4.69, 9.17) is 5.73 Å². The third-order valence-corrected chi connectivity index (χ3v) is 4.52. The summed E-state index contributed by atoms with van der Waals surface area (Å²) in [5.74, 6) is 0.469. The molecule has 16 heavy (non-hydrogen) atoms. The van der Waals surface area contributed by atoms with E-state index in [0.717, 1.165) is 36.4 Å². The molecule has 0 amide bonds. The SMILES string of the molecule is CC(C)c1nc(C2(N)CCC(O)CC2)cs1. The smallest absolute Gasteiger partial charge is 0.0954 e. The van der Waals surface area contributed by atoms with Crippen LogP contribution >= 0.6 is 11.3 Å². The van der Waals surface area contributed by atoms with Gasteiger partial charge in [0.05, 0.1) is 22.3 Å². The van der Waals surface area contributed by atoms with Crippen LogP contribution in [0.1, 0.15) is 56.2 Å². The zero-order valence-electron chi connectivity index (χ0n) is 9.94. The van der Waals surface area contributed by atoms with Crippen LogP contribution in [-0.4, -0.2) is 16.2 Å². The summed E-state index contributed by atoms with van der Waals surface area (Å²) >= 11 is 1.70. The maximum atomic E-state index is 9.51. The molecule has 1 aliphatic rings. The Kier molecular flexibility index (Phi) is 3.33. The maximum absolute atomic E-state index is 9.51. The summed E-state index contributed by atoms with van der Waals surface area (Å²) in [4.78, 5) is 4.64. The molecule has 1 heterocycles. The Morgan fingerprint density at radius 1 is 1.50 bits per heavy atom. The lowest BCUT2D eigenvalue weighted by atomic mass is 9.79. The van der Waals surface area contributed by atoms with Gasteiger partial charge in [0.25, 0.3) is 0 Å². The predicted molar refractivity (Wildman–Crippen MR) is 66.5 cm³/mol. The topological polar surface area (TPSA) is 59.1 Å². The van der Waals surface area contributed by atoms with Crippen LogP contribution in [0.3, 0.4) is 0 Å². The third kappa shape index (κ3) is 2.29. The van der Waals surface area contributed by atoms with E-state index in [2.05, 4.69) is 24.2 Å². The van der Waals surface area contributed by atoms with E-state index < -0.39 is 0 Å². The number of aliphatic hydroxyl groups excluding tert-OH is 1. The lowest BCUT2D eigenvalue weighted by Gasteiger charge is -2.34. The van der Waals surface area contributed by atoms with Crippen LogP contribution < -0.4 is 5.73 Å². The molecule has 3 N–H and O–H groups in total. The molecule has 1 aromatic rings. The zero-order chi connectivity index (χ0) is 11.8. The van der Waals surface area contributed by atoms with Crippen LogP contribution in [0.5, 0.6) is 0 Å². The number of thiazole rings is 1. The maximum Gasteiger partial charge on any atom is 0.0954 e. The fourth-order valence-electron chi connectivity index (χ4n) is 2.16. The van der Waals surface area contributed by atoms with E-state index in [-0.39, 0.29) is 11.6 Å². The standard InChI is InChI=1S/C12H20N2OS/c1-8(2)11-14-10(7-16-11)12(13)5-3-9(15)4-6-12/h7-9,15H,3-6,13H2,1-2H3. The van der Waals surface area contributed by atoms with Crippen molar-refractivity contribution in [3.05, 3.63) is 16.1 Å². The molecule has 1 saturated carbocycles. The molecule has 4 heteroatoms. The molecule has 0 saturated heterocycles. The zero-order valence-corrected chi connectivity index (χ0v) is 10.8. The van der Waals surface area contributed by atoms with Crippen LogP contribution in [0.2, 0.25) is 0 Å². The van der Waals surface area contributed by atoms with Gasteiger partial charge in [0.2, 0.25) is 0 Å². The minimum atomic E-state index is -0.303. The molecule has 0 bridgehead atoms. The monoisotopic (exact) mass is 240 g/mol. The molecular formula is C12H20N2OS. The van der Waals surface area contributed by atoms with Gasteiger partial charge in [0.1, 0.15) is 0 Å². The molecule has 0 radical (unpaired) electrons. The van der Waals surface area contributed by atoms with Gasteiger partial charge in [0.15, 0.2) is 0 Å². The van der Waals surface area contributed by atoms with Crippen LogP contribution in [-0.2, 0) is 5.54 Å². The van der Waals surface area contributed by atoms with E-state index in [1.165, 1.54) is 0 Å². The molecule has 1 fully saturated rings. The second-order valence-electron chi connectivity index (χ2n) is 5.11. The Bertz CT molecular complexity index is 354. The summed E-state index contributed by atoms with van der Waals surface area (Å²) in [7, 11) is 0. The Morgan fingerprint density at radius 2 is 2.12 bits per heavy atom. The van der Waals surface area contributed by atoms with E-state index >= 15 is 0 Å². The molecule has 0 aliphatic heterocycles. The Labute approximate surface area is 101 Å². The highest BCUT2D eigenvalue weighted by Gasteiger charge is 2.34. The molecular weight excluding hydrogens is 220 g/mol. The van der Waals surface area contributed by atoms with Crippen molar-refractivity contribution in [1.29, 1.82) is 0 Å². The number of rotatable bonds is 2. The third-order valence-electron chi connectivity index (χ3n) is 3.37. The van der Waals surface area contributed by atoms with Gasteiger partial charge in [-0.1, -0.05) is 13.8 Å². The first-order chi connectivity index (χ1) is 7.51. The van der Waals surface area contributed by atoms with Crippen molar-refractivity contribution in [1.82, 2.24) is 4.98 Å². The number of aliphatic hydroxyl groups is 1. The van der Waals surface area contributed by atoms with Crippen LogP contribution in [0.4, 0.5) is 0 Å². The van der Waals surface area contributed by atoms with Crippen molar-refractivity contribution in [3.63, 3.8) is 0 Å². The lowest BCUT2D eigenvalue weighted by Crippen LogP contribution is -2.41. The van der Waals surface area contributed by atoms with Gasteiger partial charge < -0.3 is 10.8 Å². The normalized spacial score (nSPS) is 30.9. The highest BCUT2D eigenvalue weighted by atomic mass is 32.1. The molecule has 3 nitrogen and oxygen atoms in total. The molecule has 0 atom stereocenters. The Balaban J connectivity index is 2.16. The quantitative estimate of drug-likeness (QED) is 0.834. The summed E-state index contributed by atoms with van der Waals surface area (Å²) in [5.41, 5.74) is 7.11. The lowest BCUT2D eigenvalue weighted by molar-refractivity contribution is 0.0958. The fourth-order valence-corrected chi connectivity index (χ4v) is 3.10. The van der Waals surface area contributed by atoms with Crippen LogP contribution in [0, 0.1) is 0 Å². The van der Waals surface area contributed by atoms with Crippen molar-refractivity contribution in [2.75, 3.05) is 0 Å². The molecule has 90 valence electrons. The summed E-state index contributed by atoms with van der Waals surface area (Å²) in [5, 5.41) is 12.8. The van der Waals surface area contributed by atoms with Crippen molar-refractivity contribution in [2.45, 2.75) is 57.1 Å². The summed E-state index contributed by atoms with van der Waals surface area (Å²) < 4.78 is 0. The van der Waals surface area contributed by atoms with E-state index in [1.807, 2.05) is 0 Å². The number of aromatic nitrogens is 1. The van der Waals surface area contributed by atoms with Gasteiger partial charge in [0, 0.05) is 11.3 Å². The number of nitrogens with zero attached hydrogens (tertiary/aromatic N) is 1. The minimum Gasteiger partial charge on any atom is -0.393 e. The molecule has 0 spiro atoms. The van der Waals surface area contributed by atoms with E-state index in [0.29, 0.717) is 5.92 Å². The van der Waals surface area contributed by atoms with Crippen LogP contribution in [0.25, 0.3) is 0 Å². The Morgan fingerprint density at radius 3 is 2.62 bits per heavy atom. The van der Waals surface area contributed by atoms with Crippen molar-refractivity contribution in [2.24, 2.45) is 5.73 Å². The van der Waals surface area contributed by atoms with E-state index in [1.54, 1.807) is 11.3 Å². The average molecular weight is 240 g/mol. The second kappa shape index (κ2) is 4.43. The first kappa shape index (κ1) is 12.0. The summed E-state index contributed by atoms with van der Waals surface area (Å²) in [6.07, 6.45) is 3.11. The largest absolute Gasteiger partial charge is 0.393 e. The summed E-state index contributed by atoms with van der Waals surface area (Å²) in [6.45, 7) is 4.30. The number of hydrogen-bond donors (Lipinski definition) is 2. The van der Waals surface area contributed by atoms with Gasteiger partial charge >= 0.3 is 0 Å². The van der Waals surface area contributed by atoms with E-state index in [9.17, 15) is 5.11 Å². The molecule has 0 aromatic carbocycles. The van der Waals surface area contributed by atoms with Crippen molar-refractivity contribution in [3.8, 4) is 0 Å². The first-order valence-electron chi connectivity index (χ1n) is 5.94. The van der Waals surface area contributed by atoms with Gasteiger partial charge in [-0.05, 0) is 25.7 Å². The highest BCUT2D eigenvalue weighted by Crippen LogP contribution is 2.36. The first-order valence-corrected chi connectivity index (χ1v) is 6.82. The highest BCUT2D eigenvalue weighted by molar-refractivity contribution is 7.09. The molecule has 2 rings (SSSR count). The fraction of sp³-hybridized carbons (Fsp3) is 0.750. The second-order valence-corrected chi connectivity index (χ2v) is 6.00.